The van der Waals surface area contributed by atoms with Crippen molar-refractivity contribution >= 4 is 23.5 Å². The van der Waals surface area contributed by atoms with Gasteiger partial charge in [-0.2, -0.15) is 0 Å². The average Bonchev–Trinajstić information content (AvgIpc) is 3.10. The molecule has 2 amide bonds. The normalized spacial score (nSPS) is 13.5. The molecule has 6 nitrogen and oxygen atoms in total. The number of esters is 1. The molecular weight excluding hydrogens is 344 g/mol. The third kappa shape index (κ3) is 4.73. The molecule has 0 saturated carbocycles. The van der Waals surface area contributed by atoms with E-state index in [1.54, 1.807) is 30.1 Å². The van der Waals surface area contributed by atoms with E-state index < -0.39 is 5.97 Å². The molecule has 0 spiro atoms. The van der Waals surface area contributed by atoms with Crippen molar-refractivity contribution in [3.05, 3.63) is 65.7 Å². The van der Waals surface area contributed by atoms with E-state index in [0.29, 0.717) is 18.5 Å². The number of hydrogen-bond acceptors (Lipinski definition) is 4. The van der Waals surface area contributed by atoms with Crippen LogP contribution in [-0.2, 0) is 20.9 Å². The monoisotopic (exact) mass is 366 g/mol. The van der Waals surface area contributed by atoms with Crippen molar-refractivity contribution in [3.8, 4) is 0 Å². The van der Waals surface area contributed by atoms with Crippen LogP contribution < -0.4 is 4.90 Å². The Kier molecular flexibility index (Phi) is 5.86. The number of likely N-dealkylation sites (tertiary alicyclic amines) is 1. The van der Waals surface area contributed by atoms with Gasteiger partial charge in [-0.05, 0) is 36.2 Å². The van der Waals surface area contributed by atoms with Crippen LogP contribution >= 0.6 is 0 Å². The van der Waals surface area contributed by atoms with Gasteiger partial charge in [0, 0.05) is 32.2 Å². The van der Waals surface area contributed by atoms with Crippen LogP contribution in [0.3, 0.4) is 0 Å². The largest absolute Gasteiger partial charge is 0.452 e. The van der Waals surface area contributed by atoms with Crippen molar-refractivity contribution in [1.29, 1.82) is 0 Å². The Bertz CT molecular complexity index is 835. The summed E-state index contributed by atoms with van der Waals surface area (Å²) in [5.41, 5.74) is 1.97. The molecule has 0 radical (unpaired) electrons. The predicted octanol–water partition coefficient (Wildman–Crippen LogP) is 2.63. The van der Waals surface area contributed by atoms with Crippen LogP contribution in [0.1, 0.15) is 28.8 Å². The van der Waals surface area contributed by atoms with Gasteiger partial charge in [0.1, 0.15) is 0 Å². The Hall–Kier alpha value is -3.15. The smallest absolute Gasteiger partial charge is 0.338 e. The Balaban J connectivity index is 1.57. The topological polar surface area (TPSA) is 66.9 Å². The fraction of sp³-hybridized carbons (Fsp3) is 0.286. The minimum Gasteiger partial charge on any atom is -0.452 e. The van der Waals surface area contributed by atoms with E-state index in [1.165, 1.54) is 4.90 Å². The molecule has 0 atom stereocenters. The number of hydrogen-bond donors (Lipinski definition) is 0. The van der Waals surface area contributed by atoms with E-state index in [9.17, 15) is 14.4 Å². The zero-order chi connectivity index (χ0) is 19.2. The highest BCUT2D eigenvalue weighted by Gasteiger charge is 2.20. The van der Waals surface area contributed by atoms with Gasteiger partial charge >= 0.3 is 5.97 Å². The fourth-order valence-electron chi connectivity index (χ4n) is 2.99. The van der Waals surface area contributed by atoms with Gasteiger partial charge in [-0.15, -0.1) is 0 Å². The molecule has 2 aromatic rings. The SMILES string of the molecule is CN(C(=O)COC(=O)c1cccc(CN2CCCC2=O)c1)c1ccccc1. The summed E-state index contributed by atoms with van der Waals surface area (Å²) in [5, 5.41) is 0. The molecule has 0 bridgehead atoms. The first-order valence-corrected chi connectivity index (χ1v) is 8.90. The zero-order valence-electron chi connectivity index (χ0n) is 15.3. The zero-order valence-corrected chi connectivity index (χ0v) is 15.3. The Morgan fingerprint density at radius 3 is 2.59 bits per heavy atom. The summed E-state index contributed by atoms with van der Waals surface area (Å²) in [5.74, 6) is -0.731. The molecule has 6 heteroatoms. The molecule has 1 fully saturated rings. The summed E-state index contributed by atoms with van der Waals surface area (Å²) < 4.78 is 5.17. The molecular formula is C21H22N2O4. The molecule has 140 valence electrons. The standard InChI is InChI=1S/C21H22N2O4/c1-22(18-9-3-2-4-10-18)20(25)15-27-21(26)17-8-5-7-16(13-17)14-23-12-6-11-19(23)24/h2-5,7-10,13H,6,11-12,14-15H2,1H3. The van der Waals surface area contributed by atoms with Gasteiger partial charge in [-0.3, -0.25) is 9.59 Å². The second kappa shape index (κ2) is 8.49. The van der Waals surface area contributed by atoms with Gasteiger partial charge in [0.25, 0.3) is 5.91 Å². The number of nitrogens with zero attached hydrogens (tertiary/aromatic N) is 2. The number of para-hydroxylation sites is 1. The number of rotatable bonds is 6. The van der Waals surface area contributed by atoms with Crippen molar-refractivity contribution < 1.29 is 19.1 Å². The molecule has 0 aromatic heterocycles. The van der Waals surface area contributed by atoms with Crippen molar-refractivity contribution in [2.75, 3.05) is 25.1 Å². The van der Waals surface area contributed by atoms with Crippen LogP contribution in [0.15, 0.2) is 54.6 Å². The average molecular weight is 366 g/mol. The van der Waals surface area contributed by atoms with E-state index in [4.69, 9.17) is 4.74 Å². The first kappa shape index (κ1) is 18.6. The van der Waals surface area contributed by atoms with Crippen LogP contribution in [0.5, 0.6) is 0 Å². The highest BCUT2D eigenvalue weighted by molar-refractivity contribution is 5.96. The molecule has 1 saturated heterocycles. The lowest BCUT2D eigenvalue weighted by molar-refractivity contribution is -0.128. The van der Waals surface area contributed by atoms with E-state index in [2.05, 4.69) is 0 Å². The minimum absolute atomic E-state index is 0.137. The van der Waals surface area contributed by atoms with Crippen molar-refractivity contribution in [1.82, 2.24) is 4.90 Å². The Labute approximate surface area is 158 Å². The Morgan fingerprint density at radius 2 is 1.89 bits per heavy atom. The molecule has 0 unspecified atom stereocenters. The third-order valence-electron chi connectivity index (χ3n) is 4.55. The number of likely N-dealkylation sites (N-methyl/N-ethyl adjacent to an activating group) is 1. The Morgan fingerprint density at radius 1 is 1.11 bits per heavy atom. The highest BCUT2D eigenvalue weighted by atomic mass is 16.5. The number of benzene rings is 2. The quantitative estimate of drug-likeness (QED) is 0.737. The summed E-state index contributed by atoms with van der Waals surface area (Å²) in [7, 11) is 1.64. The first-order valence-electron chi connectivity index (χ1n) is 8.90. The summed E-state index contributed by atoms with van der Waals surface area (Å²) in [6.07, 6.45) is 1.45. The number of carbonyl (C=O) groups excluding carboxylic acids is 3. The number of anilines is 1. The van der Waals surface area contributed by atoms with Crippen LogP contribution in [0.25, 0.3) is 0 Å². The number of carbonyl (C=O) groups is 3. The lowest BCUT2D eigenvalue weighted by Gasteiger charge is -2.17. The van der Waals surface area contributed by atoms with Gasteiger partial charge in [0.15, 0.2) is 6.61 Å². The van der Waals surface area contributed by atoms with E-state index in [-0.39, 0.29) is 18.4 Å². The van der Waals surface area contributed by atoms with E-state index in [0.717, 1.165) is 24.2 Å². The fourth-order valence-corrected chi connectivity index (χ4v) is 2.99. The predicted molar refractivity (Wildman–Crippen MR) is 101 cm³/mol. The molecule has 1 aliphatic heterocycles. The van der Waals surface area contributed by atoms with Crippen LogP contribution in [0.4, 0.5) is 5.69 Å². The summed E-state index contributed by atoms with van der Waals surface area (Å²) >= 11 is 0. The molecule has 1 heterocycles. The maximum atomic E-state index is 12.3. The second-order valence-electron chi connectivity index (χ2n) is 6.48. The second-order valence-corrected chi connectivity index (χ2v) is 6.48. The lowest BCUT2D eigenvalue weighted by Crippen LogP contribution is -2.31. The van der Waals surface area contributed by atoms with Gasteiger partial charge in [0.2, 0.25) is 5.91 Å². The molecule has 3 rings (SSSR count). The first-order chi connectivity index (χ1) is 13.0. The van der Waals surface area contributed by atoms with Crippen LogP contribution in [0, 0.1) is 0 Å². The van der Waals surface area contributed by atoms with Gasteiger partial charge in [-0.1, -0.05) is 30.3 Å². The molecule has 0 aliphatic carbocycles. The maximum absolute atomic E-state index is 12.3. The summed E-state index contributed by atoms with van der Waals surface area (Å²) in [6.45, 7) is 0.891. The molecule has 2 aromatic carbocycles. The van der Waals surface area contributed by atoms with Gasteiger partial charge in [0.05, 0.1) is 5.56 Å². The van der Waals surface area contributed by atoms with Gasteiger partial charge in [-0.25, -0.2) is 4.79 Å². The summed E-state index contributed by atoms with van der Waals surface area (Å²) in [4.78, 5) is 39.5. The molecule has 0 N–H and O–H groups in total. The number of amides is 2. The van der Waals surface area contributed by atoms with E-state index in [1.807, 2.05) is 36.4 Å². The van der Waals surface area contributed by atoms with Gasteiger partial charge < -0.3 is 14.5 Å². The van der Waals surface area contributed by atoms with Crippen LogP contribution in [0.2, 0.25) is 0 Å². The summed E-state index contributed by atoms with van der Waals surface area (Å²) in [6, 6.07) is 16.1. The van der Waals surface area contributed by atoms with Crippen LogP contribution in [-0.4, -0.2) is 42.9 Å². The maximum Gasteiger partial charge on any atom is 0.338 e. The number of ether oxygens (including phenoxy) is 1. The van der Waals surface area contributed by atoms with Crippen molar-refractivity contribution in [2.24, 2.45) is 0 Å². The van der Waals surface area contributed by atoms with Crippen molar-refractivity contribution in [3.63, 3.8) is 0 Å². The lowest BCUT2D eigenvalue weighted by atomic mass is 10.1. The third-order valence-corrected chi connectivity index (χ3v) is 4.55. The molecule has 1 aliphatic rings. The molecule has 27 heavy (non-hydrogen) atoms. The van der Waals surface area contributed by atoms with E-state index >= 15 is 0 Å². The highest BCUT2D eigenvalue weighted by Crippen LogP contribution is 2.16. The minimum atomic E-state index is -0.556. The van der Waals surface area contributed by atoms with Crippen molar-refractivity contribution in [2.45, 2.75) is 19.4 Å².